The third kappa shape index (κ3) is 5.31. The van der Waals surface area contributed by atoms with Crippen molar-refractivity contribution in [1.82, 2.24) is 0 Å². The highest BCUT2D eigenvalue weighted by Crippen LogP contribution is 1.92. The number of ether oxygens (including phenoxy) is 1. The summed E-state index contributed by atoms with van der Waals surface area (Å²) in [6.07, 6.45) is 4.71. The molecule has 0 amide bonds. The van der Waals surface area contributed by atoms with Gasteiger partial charge in [0.2, 0.25) is 0 Å². The minimum Gasteiger partial charge on any atom is -0.374 e. The highest BCUT2D eigenvalue weighted by Gasteiger charge is 1.91. The third-order valence-electron chi connectivity index (χ3n) is 1.03. The van der Waals surface area contributed by atoms with Crippen molar-refractivity contribution in [2.45, 2.75) is 19.4 Å². The molecule has 0 bridgehead atoms. The first kappa shape index (κ1) is 8.44. The van der Waals surface area contributed by atoms with E-state index < -0.39 is 0 Å². The Kier molecular flexibility index (Phi) is 5.23. The van der Waals surface area contributed by atoms with Gasteiger partial charge in [-0.05, 0) is 13.3 Å². The normalized spacial score (nSPS) is 12.6. The maximum Gasteiger partial charge on any atom is 0.0725 e. The lowest BCUT2D eigenvalue weighted by Crippen LogP contribution is -2.04. The lowest BCUT2D eigenvalue weighted by molar-refractivity contribution is 0.102. The zero-order valence-electron chi connectivity index (χ0n) is 5.97. The van der Waals surface area contributed by atoms with Crippen LogP contribution in [0.2, 0.25) is 0 Å². The standard InChI is InChI=1S/C8H14O/c1-4-6-7-9-8(3)5-2/h4-5,8H,1-2,6-7H2,3H3. The fourth-order valence-electron chi connectivity index (χ4n) is 0.405. The van der Waals surface area contributed by atoms with Crippen LogP contribution in [0.25, 0.3) is 0 Å². The van der Waals surface area contributed by atoms with Crippen LogP contribution in [0.1, 0.15) is 13.3 Å². The third-order valence-corrected chi connectivity index (χ3v) is 1.03. The molecule has 1 heteroatoms. The topological polar surface area (TPSA) is 9.23 Å². The Labute approximate surface area is 57.0 Å². The van der Waals surface area contributed by atoms with Crippen molar-refractivity contribution in [2.24, 2.45) is 0 Å². The van der Waals surface area contributed by atoms with Gasteiger partial charge in [0.15, 0.2) is 0 Å². The molecule has 0 fully saturated rings. The van der Waals surface area contributed by atoms with Crippen LogP contribution in [0.3, 0.4) is 0 Å². The van der Waals surface area contributed by atoms with E-state index in [1.807, 2.05) is 13.0 Å². The quantitative estimate of drug-likeness (QED) is 0.405. The van der Waals surface area contributed by atoms with Crippen molar-refractivity contribution >= 4 is 0 Å². The molecule has 0 N–H and O–H groups in total. The summed E-state index contributed by atoms with van der Waals surface area (Å²) >= 11 is 0. The van der Waals surface area contributed by atoms with E-state index in [9.17, 15) is 0 Å². The van der Waals surface area contributed by atoms with E-state index in [1.54, 1.807) is 6.08 Å². The molecule has 0 aliphatic rings. The SMILES string of the molecule is C=CCCOC(C)C=C. The van der Waals surface area contributed by atoms with E-state index >= 15 is 0 Å². The zero-order valence-corrected chi connectivity index (χ0v) is 5.97. The molecule has 0 aliphatic carbocycles. The Balaban J connectivity index is 3.05. The summed E-state index contributed by atoms with van der Waals surface area (Å²) in [6, 6.07) is 0. The summed E-state index contributed by atoms with van der Waals surface area (Å²) in [5.74, 6) is 0. The van der Waals surface area contributed by atoms with Gasteiger partial charge in [0.25, 0.3) is 0 Å². The van der Waals surface area contributed by atoms with Crippen LogP contribution in [-0.4, -0.2) is 12.7 Å². The van der Waals surface area contributed by atoms with E-state index in [4.69, 9.17) is 4.74 Å². The molecule has 0 rings (SSSR count). The van der Waals surface area contributed by atoms with E-state index in [0.717, 1.165) is 13.0 Å². The average Bonchev–Trinajstić information content (AvgIpc) is 1.89. The van der Waals surface area contributed by atoms with Crippen LogP contribution in [0.4, 0.5) is 0 Å². The van der Waals surface area contributed by atoms with Gasteiger partial charge in [-0.2, -0.15) is 0 Å². The first-order valence-corrected chi connectivity index (χ1v) is 3.16. The highest BCUT2D eigenvalue weighted by molar-refractivity contribution is 4.75. The van der Waals surface area contributed by atoms with Crippen LogP contribution in [-0.2, 0) is 4.74 Å². The van der Waals surface area contributed by atoms with Gasteiger partial charge in [0, 0.05) is 0 Å². The van der Waals surface area contributed by atoms with Crippen molar-refractivity contribution in [1.29, 1.82) is 0 Å². The summed E-state index contributed by atoms with van der Waals surface area (Å²) < 4.78 is 5.24. The van der Waals surface area contributed by atoms with Crippen molar-refractivity contribution < 1.29 is 4.74 Å². The molecule has 52 valence electrons. The largest absolute Gasteiger partial charge is 0.374 e. The number of rotatable bonds is 5. The smallest absolute Gasteiger partial charge is 0.0725 e. The summed E-state index contributed by atoms with van der Waals surface area (Å²) in [4.78, 5) is 0. The fraction of sp³-hybridized carbons (Fsp3) is 0.500. The van der Waals surface area contributed by atoms with Crippen LogP contribution >= 0.6 is 0 Å². The van der Waals surface area contributed by atoms with Crippen molar-refractivity contribution in [3.05, 3.63) is 25.3 Å². The monoisotopic (exact) mass is 126 g/mol. The molecule has 0 heterocycles. The molecule has 0 saturated carbocycles. The van der Waals surface area contributed by atoms with Crippen molar-refractivity contribution in [3.8, 4) is 0 Å². The fourth-order valence-corrected chi connectivity index (χ4v) is 0.405. The first-order chi connectivity index (χ1) is 4.31. The second-order valence-electron chi connectivity index (χ2n) is 1.89. The molecule has 9 heavy (non-hydrogen) atoms. The van der Waals surface area contributed by atoms with Gasteiger partial charge < -0.3 is 4.74 Å². The summed E-state index contributed by atoms with van der Waals surface area (Å²) in [7, 11) is 0. The van der Waals surface area contributed by atoms with E-state index in [2.05, 4.69) is 13.2 Å². The Morgan fingerprint density at radius 1 is 1.56 bits per heavy atom. The lowest BCUT2D eigenvalue weighted by Gasteiger charge is -2.04. The Morgan fingerprint density at radius 2 is 2.22 bits per heavy atom. The minimum absolute atomic E-state index is 0.171. The van der Waals surface area contributed by atoms with E-state index in [-0.39, 0.29) is 6.10 Å². The molecule has 0 aromatic rings. The molecule has 0 radical (unpaired) electrons. The van der Waals surface area contributed by atoms with Crippen LogP contribution < -0.4 is 0 Å². The van der Waals surface area contributed by atoms with Gasteiger partial charge in [-0.25, -0.2) is 0 Å². The maximum atomic E-state index is 5.24. The zero-order chi connectivity index (χ0) is 7.11. The Morgan fingerprint density at radius 3 is 2.67 bits per heavy atom. The molecule has 0 aliphatic heterocycles. The molecule has 0 aromatic carbocycles. The van der Waals surface area contributed by atoms with E-state index in [0.29, 0.717) is 0 Å². The molecule has 1 unspecified atom stereocenters. The molecular weight excluding hydrogens is 112 g/mol. The second-order valence-corrected chi connectivity index (χ2v) is 1.89. The maximum absolute atomic E-state index is 5.24. The first-order valence-electron chi connectivity index (χ1n) is 3.16. The molecule has 0 spiro atoms. The highest BCUT2D eigenvalue weighted by atomic mass is 16.5. The molecule has 1 atom stereocenters. The molecule has 0 aromatic heterocycles. The summed E-state index contributed by atoms with van der Waals surface area (Å²) in [5, 5.41) is 0. The second kappa shape index (κ2) is 5.57. The Bertz CT molecular complexity index is 86.6. The van der Waals surface area contributed by atoms with Crippen molar-refractivity contribution in [2.75, 3.05) is 6.61 Å². The summed E-state index contributed by atoms with van der Waals surface area (Å²) in [5.41, 5.74) is 0. The van der Waals surface area contributed by atoms with Crippen LogP contribution in [0.15, 0.2) is 25.3 Å². The lowest BCUT2D eigenvalue weighted by atomic mass is 10.4. The van der Waals surface area contributed by atoms with Gasteiger partial charge in [0.05, 0.1) is 12.7 Å². The van der Waals surface area contributed by atoms with Crippen molar-refractivity contribution in [3.63, 3.8) is 0 Å². The van der Waals surface area contributed by atoms with Crippen LogP contribution in [0, 0.1) is 0 Å². The number of hydrogen-bond donors (Lipinski definition) is 0. The van der Waals surface area contributed by atoms with Gasteiger partial charge in [0.1, 0.15) is 0 Å². The van der Waals surface area contributed by atoms with Gasteiger partial charge in [-0.1, -0.05) is 12.2 Å². The predicted octanol–water partition coefficient (Wildman–Crippen LogP) is 2.15. The van der Waals surface area contributed by atoms with Crippen LogP contribution in [0.5, 0.6) is 0 Å². The van der Waals surface area contributed by atoms with Gasteiger partial charge in [-0.3, -0.25) is 0 Å². The minimum atomic E-state index is 0.171. The molecular formula is C8H14O. The average molecular weight is 126 g/mol. The van der Waals surface area contributed by atoms with Gasteiger partial charge >= 0.3 is 0 Å². The van der Waals surface area contributed by atoms with E-state index in [1.165, 1.54) is 0 Å². The Hall–Kier alpha value is -0.560. The molecule has 1 nitrogen and oxygen atoms in total. The molecule has 0 saturated heterocycles. The number of hydrogen-bond acceptors (Lipinski definition) is 1. The summed E-state index contributed by atoms with van der Waals surface area (Å²) in [6.45, 7) is 9.88. The predicted molar refractivity (Wildman–Crippen MR) is 40.4 cm³/mol. The van der Waals surface area contributed by atoms with Gasteiger partial charge in [-0.15, -0.1) is 13.2 Å².